The molecule has 1 N–H and O–H groups in total. The summed E-state index contributed by atoms with van der Waals surface area (Å²) in [6.45, 7) is 3.69. The molecule has 1 aliphatic carbocycles. The van der Waals surface area contributed by atoms with E-state index in [1.807, 2.05) is 24.0 Å². The summed E-state index contributed by atoms with van der Waals surface area (Å²) in [6.07, 6.45) is 9.01. The smallest absolute Gasteiger partial charge is 0.254 e. The highest BCUT2D eigenvalue weighted by Crippen LogP contribution is 2.34. The topological polar surface area (TPSA) is 83.2 Å². The second-order valence-corrected chi connectivity index (χ2v) is 6.25. The molecule has 0 spiro atoms. The van der Waals surface area contributed by atoms with Gasteiger partial charge in [-0.1, -0.05) is 0 Å². The van der Waals surface area contributed by atoms with E-state index in [2.05, 4.69) is 15.5 Å². The van der Waals surface area contributed by atoms with Crippen molar-refractivity contribution >= 4 is 5.91 Å². The maximum atomic E-state index is 12.4. The summed E-state index contributed by atoms with van der Waals surface area (Å²) in [6, 6.07) is 0.277. The molecule has 1 saturated carbocycles. The molecule has 2 aromatic heterocycles. The first-order valence-corrected chi connectivity index (χ1v) is 8.35. The summed E-state index contributed by atoms with van der Waals surface area (Å²) >= 11 is 0. The number of carbonyl (C=O) groups is 1. The van der Waals surface area contributed by atoms with Crippen molar-refractivity contribution in [2.24, 2.45) is 0 Å². The number of nitrogens with one attached hydrogen (secondary N) is 1. The Hall–Kier alpha value is -2.35. The predicted octanol–water partition coefficient (Wildman–Crippen LogP) is 1.01. The van der Waals surface area contributed by atoms with Gasteiger partial charge in [0.1, 0.15) is 6.10 Å². The van der Waals surface area contributed by atoms with Crippen LogP contribution in [0, 0.1) is 0 Å². The molecular formula is C16H21N5O3. The highest BCUT2D eigenvalue weighted by atomic mass is 16.5. The van der Waals surface area contributed by atoms with Crippen molar-refractivity contribution in [1.82, 2.24) is 24.9 Å². The lowest BCUT2D eigenvalue weighted by molar-refractivity contribution is 0.0904. The monoisotopic (exact) mass is 331 g/mol. The zero-order valence-corrected chi connectivity index (χ0v) is 13.6. The van der Waals surface area contributed by atoms with Crippen molar-refractivity contribution in [3.63, 3.8) is 0 Å². The number of ether oxygens (including phenoxy) is 2. The van der Waals surface area contributed by atoms with Crippen LogP contribution in [-0.2, 0) is 11.3 Å². The Morgan fingerprint density at radius 3 is 2.96 bits per heavy atom. The molecule has 0 bridgehead atoms. The van der Waals surface area contributed by atoms with E-state index in [1.165, 1.54) is 0 Å². The van der Waals surface area contributed by atoms with Crippen molar-refractivity contribution in [3.8, 4) is 5.75 Å². The summed E-state index contributed by atoms with van der Waals surface area (Å²) in [7, 11) is 0. The number of rotatable bonds is 6. The van der Waals surface area contributed by atoms with Gasteiger partial charge in [0.05, 0.1) is 49.5 Å². The van der Waals surface area contributed by atoms with Crippen LogP contribution in [0.15, 0.2) is 24.8 Å². The van der Waals surface area contributed by atoms with Gasteiger partial charge in [-0.2, -0.15) is 10.2 Å². The van der Waals surface area contributed by atoms with Gasteiger partial charge in [-0.15, -0.1) is 0 Å². The van der Waals surface area contributed by atoms with Gasteiger partial charge in [-0.25, -0.2) is 0 Å². The van der Waals surface area contributed by atoms with Crippen LogP contribution in [0.2, 0.25) is 0 Å². The van der Waals surface area contributed by atoms with Crippen molar-refractivity contribution in [1.29, 1.82) is 0 Å². The number of nitrogens with zero attached hydrogens (tertiary/aromatic N) is 4. The van der Waals surface area contributed by atoms with Gasteiger partial charge in [0.2, 0.25) is 0 Å². The number of hydrogen-bond donors (Lipinski definition) is 1. The van der Waals surface area contributed by atoms with Crippen LogP contribution in [0.5, 0.6) is 5.75 Å². The van der Waals surface area contributed by atoms with Crippen LogP contribution in [0.1, 0.15) is 36.2 Å². The van der Waals surface area contributed by atoms with Crippen LogP contribution in [0.3, 0.4) is 0 Å². The molecular weight excluding hydrogens is 310 g/mol. The van der Waals surface area contributed by atoms with Crippen molar-refractivity contribution in [2.45, 2.75) is 44.5 Å². The number of aromatic nitrogens is 4. The molecule has 2 atom stereocenters. The van der Waals surface area contributed by atoms with Crippen LogP contribution in [0.25, 0.3) is 0 Å². The largest absolute Gasteiger partial charge is 0.482 e. The Morgan fingerprint density at radius 2 is 2.21 bits per heavy atom. The minimum atomic E-state index is -0.220. The molecule has 0 aromatic carbocycles. The van der Waals surface area contributed by atoms with Crippen LogP contribution in [0.4, 0.5) is 0 Å². The summed E-state index contributed by atoms with van der Waals surface area (Å²) in [5.74, 6) is 0.545. The Balaban J connectivity index is 1.37. The molecule has 1 aliphatic heterocycles. The third-order valence-corrected chi connectivity index (χ3v) is 4.35. The first-order chi connectivity index (χ1) is 11.7. The number of amides is 1. The Morgan fingerprint density at radius 1 is 1.33 bits per heavy atom. The number of aryl methyl sites for hydroxylation is 1. The molecule has 0 radical (unpaired) electrons. The van der Waals surface area contributed by atoms with E-state index in [-0.39, 0.29) is 18.1 Å². The van der Waals surface area contributed by atoms with E-state index < -0.39 is 0 Å². The molecule has 0 unspecified atom stereocenters. The maximum absolute atomic E-state index is 12.4. The fourth-order valence-corrected chi connectivity index (χ4v) is 2.78. The lowest BCUT2D eigenvalue weighted by Crippen LogP contribution is -2.45. The number of carbonyl (C=O) groups excluding carboxylic acids is 1. The fraction of sp³-hybridized carbons (Fsp3) is 0.562. The van der Waals surface area contributed by atoms with Gasteiger partial charge >= 0.3 is 0 Å². The molecule has 2 aliphatic rings. The third-order valence-electron chi connectivity index (χ3n) is 4.35. The molecule has 128 valence electrons. The summed E-state index contributed by atoms with van der Waals surface area (Å²) in [5, 5.41) is 11.4. The normalized spacial score (nSPS) is 23.4. The second kappa shape index (κ2) is 6.27. The SMILES string of the molecule is CCn1cc(O[C@@H]2COC[C@@H]2NC(=O)c2cnn(C3CC3)c2)cn1. The van der Waals surface area contributed by atoms with Crippen LogP contribution < -0.4 is 10.1 Å². The van der Waals surface area contributed by atoms with Gasteiger partial charge < -0.3 is 14.8 Å². The van der Waals surface area contributed by atoms with Gasteiger partial charge in [-0.05, 0) is 19.8 Å². The lowest BCUT2D eigenvalue weighted by atomic mass is 10.2. The average molecular weight is 331 g/mol. The summed E-state index contributed by atoms with van der Waals surface area (Å²) < 4.78 is 15.1. The van der Waals surface area contributed by atoms with Gasteiger partial charge in [-0.3, -0.25) is 14.2 Å². The minimum Gasteiger partial charge on any atom is -0.482 e. The quantitative estimate of drug-likeness (QED) is 0.854. The second-order valence-electron chi connectivity index (χ2n) is 6.25. The van der Waals surface area contributed by atoms with Crippen LogP contribution >= 0.6 is 0 Å². The molecule has 1 amide bonds. The summed E-state index contributed by atoms with van der Waals surface area (Å²) in [4.78, 5) is 12.4. The zero-order valence-electron chi connectivity index (χ0n) is 13.6. The van der Waals surface area contributed by atoms with E-state index in [1.54, 1.807) is 17.1 Å². The zero-order chi connectivity index (χ0) is 16.5. The van der Waals surface area contributed by atoms with Gasteiger partial charge in [0, 0.05) is 12.7 Å². The molecule has 2 aromatic rings. The molecule has 2 fully saturated rings. The molecule has 8 heteroatoms. The van der Waals surface area contributed by atoms with E-state index >= 15 is 0 Å². The van der Waals surface area contributed by atoms with Gasteiger partial charge in [0.15, 0.2) is 5.75 Å². The van der Waals surface area contributed by atoms with E-state index in [0.717, 1.165) is 19.4 Å². The highest BCUT2D eigenvalue weighted by Gasteiger charge is 2.32. The first-order valence-electron chi connectivity index (χ1n) is 8.35. The molecule has 4 rings (SSSR count). The third kappa shape index (κ3) is 3.14. The van der Waals surface area contributed by atoms with Crippen molar-refractivity contribution < 1.29 is 14.3 Å². The summed E-state index contributed by atoms with van der Waals surface area (Å²) in [5.41, 5.74) is 0.575. The fourth-order valence-electron chi connectivity index (χ4n) is 2.78. The maximum Gasteiger partial charge on any atom is 0.254 e. The molecule has 1 saturated heterocycles. The Kier molecular flexibility index (Phi) is 3.97. The predicted molar refractivity (Wildman–Crippen MR) is 84.9 cm³/mol. The molecule has 3 heterocycles. The van der Waals surface area contributed by atoms with Crippen molar-refractivity contribution in [2.75, 3.05) is 13.2 Å². The Labute approximate surface area is 139 Å². The van der Waals surface area contributed by atoms with E-state index in [4.69, 9.17) is 9.47 Å². The molecule has 24 heavy (non-hydrogen) atoms. The highest BCUT2D eigenvalue weighted by molar-refractivity contribution is 5.94. The first kappa shape index (κ1) is 15.2. The Bertz CT molecular complexity index is 721. The molecule has 8 nitrogen and oxygen atoms in total. The van der Waals surface area contributed by atoms with Crippen molar-refractivity contribution in [3.05, 3.63) is 30.4 Å². The average Bonchev–Trinajstić information content (AvgIpc) is 3.01. The van der Waals surface area contributed by atoms with Crippen LogP contribution in [-0.4, -0.2) is 50.8 Å². The number of hydrogen-bond acceptors (Lipinski definition) is 5. The van der Waals surface area contributed by atoms with E-state index in [0.29, 0.717) is 30.6 Å². The lowest BCUT2D eigenvalue weighted by Gasteiger charge is -2.19. The standard InChI is InChI=1S/C16H21N5O3/c1-2-20-8-13(6-17-20)24-15-10-23-9-14(15)19-16(22)11-5-18-21(7-11)12-3-4-12/h5-8,12,14-15H,2-4,9-10H2,1H3,(H,19,22)/t14-,15+/m0/s1. The minimum absolute atomic E-state index is 0.143. The van der Waals surface area contributed by atoms with E-state index in [9.17, 15) is 4.79 Å². The van der Waals surface area contributed by atoms with Gasteiger partial charge in [0.25, 0.3) is 5.91 Å².